The molecule has 2 heterocycles. The molecule has 1 aliphatic rings. The van der Waals surface area contributed by atoms with Crippen LogP contribution in [-0.2, 0) is 17.8 Å². The van der Waals surface area contributed by atoms with Crippen molar-refractivity contribution in [2.75, 3.05) is 18.4 Å². The second kappa shape index (κ2) is 10.6. The van der Waals surface area contributed by atoms with E-state index in [-0.39, 0.29) is 17.0 Å². The number of benzene rings is 1. The van der Waals surface area contributed by atoms with Gasteiger partial charge < -0.3 is 5.32 Å². The Morgan fingerprint density at radius 2 is 1.94 bits per heavy atom. The highest BCUT2D eigenvalue weighted by atomic mass is 32.2. The van der Waals surface area contributed by atoms with Gasteiger partial charge in [0.1, 0.15) is 21.8 Å². The van der Waals surface area contributed by atoms with Gasteiger partial charge in [0.15, 0.2) is 0 Å². The molecule has 0 saturated carbocycles. The lowest BCUT2D eigenvalue weighted by Crippen LogP contribution is -2.29. The zero-order valence-corrected chi connectivity index (χ0v) is 20.1. The Bertz CT molecular complexity index is 1160. The van der Waals surface area contributed by atoms with E-state index in [1.165, 1.54) is 17.3 Å². The van der Waals surface area contributed by atoms with E-state index in [1.807, 2.05) is 38.1 Å². The second-order valence-corrected chi connectivity index (χ2v) is 9.09. The zero-order chi connectivity index (χ0) is 23.3. The topological polar surface area (TPSA) is 78.1 Å². The highest BCUT2D eigenvalue weighted by molar-refractivity contribution is 8.26. The van der Waals surface area contributed by atoms with Gasteiger partial charge in [-0.1, -0.05) is 61.2 Å². The van der Waals surface area contributed by atoms with Gasteiger partial charge in [0.2, 0.25) is 0 Å². The van der Waals surface area contributed by atoms with E-state index >= 15 is 0 Å². The lowest BCUT2D eigenvalue weighted by Gasteiger charge is -2.19. The zero-order valence-electron chi connectivity index (χ0n) is 18.5. The highest BCUT2D eigenvalue weighted by Gasteiger charge is 2.32. The molecule has 1 N–H and O–H groups in total. The van der Waals surface area contributed by atoms with Crippen LogP contribution in [0.1, 0.15) is 42.5 Å². The number of hydrogen-bond donors (Lipinski definition) is 1. The predicted molar refractivity (Wildman–Crippen MR) is 135 cm³/mol. The molecule has 1 aromatic carbocycles. The highest BCUT2D eigenvalue weighted by Crippen LogP contribution is 2.35. The molecular formula is C24H26N4O2S2. The number of amides is 1. The third kappa shape index (κ3) is 4.79. The van der Waals surface area contributed by atoms with E-state index < -0.39 is 0 Å². The normalized spacial score (nSPS) is 14.8. The van der Waals surface area contributed by atoms with Gasteiger partial charge >= 0.3 is 0 Å². The molecule has 0 atom stereocenters. The van der Waals surface area contributed by atoms with Crippen LogP contribution in [0.4, 0.5) is 5.82 Å². The molecule has 166 valence electrons. The number of anilines is 1. The van der Waals surface area contributed by atoms with Gasteiger partial charge in [-0.3, -0.25) is 19.1 Å². The number of thioether (sulfide) groups is 1. The van der Waals surface area contributed by atoms with Crippen LogP contribution in [0.3, 0.4) is 0 Å². The summed E-state index contributed by atoms with van der Waals surface area (Å²) in [6, 6.07) is 12.1. The molecule has 32 heavy (non-hydrogen) atoms. The van der Waals surface area contributed by atoms with E-state index in [1.54, 1.807) is 22.5 Å². The van der Waals surface area contributed by atoms with E-state index in [0.717, 1.165) is 12.8 Å². The molecule has 1 saturated heterocycles. The molecule has 8 heteroatoms. The van der Waals surface area contributed by atoms with Gasteiger partial charge in [-0.15, -0.1) is 0 Å². The first-order valence-electron chi connectivity index (χ1n) is 10.6. The molecule has 1 fully saturated rings. The first-order chi connectivity index (χ1) is 15.4. The maximum absolute atomic E-state index is 12.9. The van der Waals surface area contributed by atoms with Crippen molar-refractivity contribution >= 4 is 46.1 Å². The van der Waals surface area contributed by atoms with Gasteiger partial charge in [-0.25, -0.2) is 0 Å². The minimum absolute atomic E-state index is 0.0933. The van der Waals surface area contributed by atoms with Crippen LogP contribution >= 0.6 is 24.0 Å². The second-order valence-electron chi connectivity index (χ2n) is 7.42. The first-order valence-corrected chi connectivity index (χ1v) is 11.9. The number of carbonyl (C=O) groups excluding carboxylic acids is 1. The third-order valence-electron chi connectivity index (χ3n) is 5.34. The molecule has 0 bridgehead atoms. The van der Waals surface area contributed by atoms with Crippen molar-refractivity contribution in [3.8, 4) is 6.07 Å². The van der Waals surface area contributed by atoms with Gasteiger partial charge in [0.05, 0.1) is 4.91 Å². The van der Waals surface area contributed by atoms with Gasteiger partial charge in [-0.2, -0.15) is 5.26 Å². The Hall–Kier alpha value is -2.89. The van der Waals surface area contributed by atoms with Crippen LogP contribution in [0.15, 0.2) is 40.0 Å². The van der Waals surface area contributed by atoms with Gasteiger partial charge in [0, 0.05) is 25.2 Å². The summed E-state index contributed by atoms with van der Waals surface area (Å²) in [5, 5.41) is 13.0. The Balaban J connectivity index is 2.05. The number of nitrogens with zero attached hydrogens (tertiary/aromatic N) is 3. The summed E-state index contributed by atoms with van der Waals surface area (Å²) < 4.78 is 2.10. The van der Waals surface area contributed by atoms with E-state index in [2.05, 4.69) is 17.4 Å². The number of pyridine rings is 1. The minimum atomic E-state index is -0.328. The summed E-state index contributed by atoms with van der Waals surface area (Å²) in [5.74, 6) is 0.481. The maximum atomic E-state index is 12.9. The van der Waals surface area contributed by atoms with E-state index in [0.29, 0.717) is 45.8 Å². The first kappa shape index (κ1) is 23.8. The molecule has 0 radical (unpaired) electrons. The smallest absolute Gasteiger partial charge is 0.270 e. The summed E-state index contributed by atoms with van der Waals surface area (Å²) in [6.07, 6.45) is 3.35. The lowest BCUT2D eigenvalue weighted by atomic mass is 10.0. The van der Waals surface area contributed by atoms with E-state index in [9.17, 15) is 14.9 Å². The summed E-state index contributed by atoms with van der Waals surface area (Å²) in [4.78, 5) is 27.9. The van der Waals surface area contributed by atoms with Crippen molar-refractivity contribution in [1.82, 2.24) is 9.47 Å². The fourth-order valence-electron chi connectivity index (χ4n) is 3.67. The van der Waals surface area contributed by atoms with Crippen LogP contribution < -0.4 is 10.9 Å². The quantitative estimate of drug-likeness (QED) is 0.461. The van der Waals surface area contributed by atoms with Crippen molar-refractivity contribution in [2.24, 2.45) is 0 Å². The molecule has 1 amide bonds. The number of nitrogens with one attached hydrogen (secondary N) is 1. The average Bonchev–Trinajstić information content (AvgIpc) is 3.05. The van der Waals surface area contributed by atoms with Gasteiger partial charge in [-0.05, 0) is 43.9 Å². The van der Waals surface area contributed by atoms with Crippen molar-refractivity contribution in [3.05, 3.63) is 67.8 Å². The molecule has 1 aliphatic heterocycles. The average molecular weight is 467 g/mol. The fraction of sp³-hybridized carbons (Fsp3) is 0.333. The Morgan fingerprint density at radius 1 is 1.22 bits per heavy atom. The maximum Gasteiger partial charge on any atom is 0.270 e. The van der Waals surface area contributed by atoms with E-state index in [4.69, 9.17) is 12.2 Å². The summed E-state index contributed by atoms with van der Waals surface area (Å²) in [7, 11) is 0. The molecule has 3 rings (SSSR count). The van der Waals surface area contributed by atoms with Crippen LogP contribution in [0.2, 0.25) is 0 Å². The van der Waals surface area contributed by atoms with Gasteiger partial charge in [0.25, 0.3) is 11.5 Å². The van der Waals surface area contributed by atoms with Crippen molar-refractivity contribution in [2.45, 2.75) is 40.2 Å². The Morgan fingerprint density at radius 3 is 2.56 bits per heavy atom. The molecule has 2 aromatic rings. The predicted octanol–water partition coefficient (Wildman–Crippen LogP) is 4.31. The number of nitriles is 1. The SMILES string of the molecule is CCCN1C(=O)/C(=C\c2c(C)c(C#N)c(=O)n(CC)c2NCCc2ccccc2)SC1=S. The molecule has 6 nitrogen and oxygen atoms in total. The summed E-state index contributed by atoms with van der Waals surface area (Å²) in [5.41, 5.74) is 2.18. The van der Waals surface area contributed by atoms with Crippen LogP contribution in [0.25, 0.3) is 6.08 Å². The van der Waals surface area contributed by atoms with Crippen LogP contribution in [-0.4, -0.2) is 32.8 Å². The Labute approximate surface area is 197 Å². The number of rotatable bonds is 8. The summed E-state index contributed by atoms with van der Waals surface area (Å²) >= 11 is 6.64. The molecule has 1 aromatic heterocycles. The minimum Gasteiger partial charge on any atom is -0.371 e. The standard InChI is InChI=1S/C24H26N4O2S2/c1-4-13-28-23(30)20(32-24(28)31)14-18-16(3)19(15-25)22(29)27(5-2)21(18)26-12-11-17-9-7-6-8-10-17/h6-10,14,26H,4-5,11-13H2,1-3H3/b20-14+. The molecule has 0 spiro atoms. The number of thiocarbonyl (C=S) groups is 1. The van der Waals surface area contributed by atoms with Crippen LogP contribution in [0.5, 0.6) is 0 Å². The largest absolute Gasteiger partial charge is 0.371 e. The molecule has 0 unspecified atom stereocenters. The third-order valence-corrected chi connectivity index (χ3v) is 6.71. The number of carbonyl (C=O) groups is 1. The number of aromatic nitrogens is 1. The van der Waals surface area contributed by atoms with Crippen molar-refractivity contribution in [1.29, 1.82) is 5.26 Å². The molecular weight excluding hydrogens is 440 g/mol. The number of hydrogen-bond acceptors (Lipinski definition) is 6. The van der Waals surface area contributed by atoms with Crippen molar-refractivity contribution in [3.63, 3.8) is 0 Å². The Kier molecular flexibility index (Phi) is 7.89. The monoisotopic (exact) mass is 466 g/mol. The van der Waals surface area contributed by atoms with Crippen molar-refractivity contribution < 1.29 is 4.79 Å². The fourth-order valence-corrected chi connectivity index (χ4v) is 4.96. The van der Waals surface area contributed by atoms with Crippen LogP contribution in [0, 0.1) is 18.3 Å². The molecule has 0 aliphatic carbocycles. The lowest BCUT2D eigenvalue weighted by molar-refractivity contribution is -0.122. The summed E-state index contributed by atoms with van der Waals surface area (Å²) in [6.45, 7) is 7.19.